The maximum Gasteiger partial charge on any atom is 0.344 e. The molecule has 3 aromatic rings. The third-order valence-corrected chi connectivity index (χ3v) is 5.01. The summed E-state index contributed by atoms with van der Waals surface area (Å²) in [5.74, 6) is 0.299. The fraction of sp³-hybridized carbons (Fsp3) is 0.273. The summed E-state index contributed by atoms with van der Waals surface area (Å²) >= 11 is 0. The third kappa shape index (κ3) is 4.82. The van der Waals surface area contributed by atoms with Gasteiger partial charge in [-0.05, 0) is 49.6 Å². The number of amides is 1. The number of hydrogen-bond donors (Lipinski definition) is 1. The smallest absolute Gasteiger partial charge is 0.344 e. The molecule has 0 bridgehead atoms. The molecule has 4 rings (SSSR count). The zero-order chi connectivity index (χ0) is 21.8. The Morgan fingerprint density at radius 1 is 1.06 bits per heavy atom. The third-order valence-electron chi connectivity index (χ3n) is 5.01. The topological polar surface area (TPSA) is 121 Å². The van der Waals surface area contributed by atoms with Gasteiger partial charge in [-0.3, -0.25) is 14.9 Å². The highest BCUT2D eigenvalue weighted by Crippen LogP contribution is 2.33. The molecular weight excluding hydrogens is 404 g/mol. The number of carbonyl (C=O) groups excluding carboxylic acids is 2. The van der Waals surface area contributed by atoms with Gasteiger partial charge in [0.1, 0.15) is 17.1 Å². The zero-order valence-electron chi connectivity index (χ0n) is 16.6. The Labute approximate surface area is 177 Å². The Morgan fingerprint density at radius 3 is 2.61 bits per heavy atom. The van der Waals surface area contributed by atoms with Crippen LogP contribution in [-0.4, -0.2) is 30.0 Å². The van der Waals surface area contributed by atoms with Crippen LogP contribution in [0.1, 0.15) is 24.2 Å². The second-order valence-corrected chi connectivity index (χ2v) is 7.17. The molecule has 1 aliphatic rings. The first-order chi connectivity index (χ1) is 15.0. The molecular formula is C22H20N2O7. The van der Waals surface area contributed by atoms with Crippen molar-refractivity contribution in [2.45, 2.75) is 25.7 Å². The van der Waals surface area contributed by atoms with Crippen molar-refractivity contribution in [3.8, 4) is 5.75 Å². The molecule has 1 heterocycles. The minimum absolute atomic E-state index is 0.0873. The molecule has 1 N–H and O–H groups in total. The number of hydrogen-bond acceptors (Lipinski definition) is 7. The number of fused-ring (bicyclic) bond motifs is 3. The van der Waals surface area contributed by atoms with E-state index < -0.39 is 23.4 Å². The van der Waals surface area contributed by atoms with Gasteiger partial charge in [-0.1, -0.05) is 0 Å². The van der Waals surface area contributed by atoms with E-state index in [0.29, 0.717) is 11.4 Å². The van der Waals surface area contributed by atoms with Gasteiger partial charge in [0.25, 0.3) is 11.6 Å². The minimum Gasteiger partial charge on any atom is -0.482 e. The van der Waals surface area contributed by atoms with Crippen LogP contribution in [0.15, 0.2) is 46.9 Å². The Balaban J connectivity index is 1.26. The second kappa shape index (κ2) is 8.86. The molecule has 1 aliphatic carbocycles. The molecule has 0 saturated heterocycles. The van der Waals surface area contributed by atoms with Gasteiger partial charge in [0.05, 0.1) is 4.92 Å². The Hall–Kier alpha value is -3.88. The molecule has 160 valence electrons. The van der Waals surface area contributed by atoms with E-state index in [0.717, 1.165) is 42.4 Å². The van der Waals surface area contributed by atoms with Crippen LogP contribution in [0, 0.1) is 10.1 Å². The Morgan fingerprint density at radius 2 is 1.84 bits per heavy atom. The van der Waals surface area contributed by atoms with Crippen LogP contribution in [0.5, 0.6) is 5.75 Å². The van der Waals surface area contributed by atoms with Gasteiger partial charge in [0.2, 0.25) is 0 Å². The van der Waals surface area contributed by atoms with Crippen LogP contribution in [-0.2, 0) is 27.2 Å². The average molecular weight is 424 g/mol. The summed E-state index contributed by atoms with van der Waals surface area (Å²) in [6.07, 6.45) is 4.16. The number of nitrogens with zero attached hydrogens (tertiary/aromatic N) is 1. The number of carbonyl (C=O) groups is 2. The van der Waals surface area contributed by atoms with E-state index in [1.165, 1.54) is 29.8 Å². The van der Waals surface area contributed by atoms with Gasteiger partial charge < -0.3 is 19.2 Å². The van der Waals surface area contributed by atoms with Crippen LogP contribution in [0.3, 0.4) is 0 Å². The lowest BCUT2D eigenvalue weighted by molar-refractivity contribution is -0.384. The number of nitrogens with one attached hydrogen (secondary N) is 1. The molecule has 0 spiro atoms. The molecule has 2 aromatic carbocycles. The molecule has 1 aromatic heterocycles. The van der Waals surface area contributed by atoms with Gasteiger partial charge in [0.15, 0.2) is 13.2 Å². The Bertz CT molecular complexity index is 1130. The maximum absolute atomic E-state index is 11.9. The zero-order valence-corrected chi connectivity index (χ0v) is 16.6. The number of furan rings is 1. The van der Waals surface area contributed by atoms with Gasteiger partial charge in [-0.2, -0.15) is 0 Å². The first kappa shape index (κ1) is 20.4. The predicted molar refractivity (Wildman–Crippen MR) is 111 cm³/mol. The standard InChI is InChI=1S/C22H20N2O7/c25-21(23-14-5-7-15(8-6-14)24(27)28)12-30-22(26)13-29-16-9-10-20-18(11-16)17-3-1-2-4-19(17)31-20/h5-11H,1-4,12-13H2,(H,23,25). The molecule has 0 atom stereocenters. The number of aryl methyl sites for hydroxylation is 2. The average Bonchev–Trinajstić information content (AvgIpc) is 3.14. The van der Waals surface area contributed by atoms with Crippen LogP contribution >= 0.6 is 0 Å². The van der Waals surface area contributed by atoms with Crippen molar-refractivity contribution in [1.82, 2.24) is 0 Å². The normalized spacial score (nSPS) is 12.8. The minimum atomic E-state index is -0.687. The van der Waals surface area contributed by atoms with E-state index >= 15 is 0 Å². The lowest BCUT2D eigenvalue weighted by atomic mass is 9.96. The van der Waals surface area contributed by atoms with Gasteiger partial charge in [0, 0.05) is 35.2 Å². The molecule has 0 unspecified atom stereocenters. The first-order valence-electron chi connectivity index (χ1n) is 9.86. The summed E-state index contributed by atoms with van der Waals surface area (Å²) in [6.45, 7) is -0.830. The van der Waals surface area contributed by atoms with Gasteiger partial charge in [-0.15, -0.1) is 0 Å². The fourth-order valence-electron chi connectivity index (χ4n) is 3.53. The molecule has 0 saturated carbocycles. The summed E-state index contributed by atoms with van der Waals surface area (Å²) in [5.41, 5.74) is 2.29. The van der Waals surface area contributed by atoms with Crippen LogP contribution in [0.4, 0.5) is 11.4 Å². The highest BCUT2D eigenvalue weighted by atomic mass is 16.6. The predicted octanol–water partition coefficient (Wildman–Crippen LogP) is 3.78. The largest absolute Gasteiger partial charge is 0.482 e. The molecule has 0 fully saturated rings. The van der Waals surface area contributed by atoms with Crippen LogP contribution < -0.4 is 10.1 Å². The monoisotopic (exact) mass is 424 g/mol. The van der Waals surface area contributed by atoms with Crippen molar-refractivity contribution < 1.29 is 28.4 Å². The van der Waals surface area contributed by atoms with E-state index in [-0.39, 0.29) is 12.3 Å². The number of benzene rings is 2. The SMILES string of the molecule is O=C(COC(=O)COc1ccc2oc3c(c2c1)CCCC3)Nc1ccc([N+](=O)[O-])cc1. The van der Waals surface area contributed by atoms with E-state index in [2.05, 4.69) is 5.32 Å². The van der Waals surface area contributed by atoms with Crippen molar-refractivity contribution in [3.63, 3.8) is 0 Å². The van der Waals surface area contributed by atoms with Crippen molar-refractivity contribution in [2.24, 2.45) is 0 Å². The number of rotatable bonds is 7. The number of non-ortho nitro benzene ring substituents is 1. The number of nitro groups is 1. The summed E-state index contributed by atoms with van der Waals surface area (Å²) < 4.78 is 16.3. The molecule has 1 amide bonds. The van der Waals surface area contributed by atoms with E-state index in [1.54, 1.807) is 6.07 Å². The van der Waals surface area contributed by atoms with Crippen LogP contribution in [0.2, 0.25) is 0 Å². The molecule has 31 heavy (non-hydrogen) atoms. The molecule has 0 aliphatic heterocycles. The van der Waals surface area contributed by atoms with E-state index in [1.807, 2.05) is 12.1 Å². The van der Waals surface area contributed by atoms with Crippen molar-refractivity contribution in [1.29, 1.82) is 0 Å². The quantitative estimate of drug-likeness (QED) is 0.348. The summed E-state index contributed by atoms with van der Waals surface area (Å²) in [7, 11) is 0. The number of ether oxygens (including phenoxy) is 2. The molecule has 0 radical (unpaired) electrons. The number of esters is 1. The van der Waals surface area contributed by atoms with Crippen molar-refractivity contribution in [2.75, 3.05) is 18.5 Å². The molecule has 9 nitrogen and oxygen atoms in total. The highest BCUT2D eigenvalue weighted by molar-refractivity contribution is 5.93. The number of anilines is 1. The number of nitro benzene ring substituents is 1. The fourth-order valence-corrected chi connectivity index (χ4v) is 3.53. The van der Waals surface area contributed by atoms with Crippen molar-refractivity contribution >= 4 is 34.2 Å². The van der Waals surface area contributed by atoms with Gasteiger partial charge in [-0.25, -0.2) is 4.79 Å². The van der Waals surface area contributed by atoms with Crippen molar-refractivity contribution in [3.05, 3.63) is 63.9 Å². The van der Waals surface area contributed by atoms with Crippen LogP contribution in [0.25, 0.3) is 11.0 Å². The maximum atomic E-state index is 11.9. The lowest BCUT2D eigenvalue weighted by Crippen LogP contribution is -2.23. The Kier molecular flexibility index (Phi) is 5.83. The summed E-state index contributed by atoms with van der Waals surface area (Å²) in [5, 5.41) is 14.1. The summed E-state index contributed by atoms with van der Waals surface area (Å²) in [6, 6.07) is 10.7. The summed E-state index contributed by atoms with van der Waals surface area (Å²) in [4.78, 5) is 33.9. The molecule has 9 heteroatoms. The van der Waals surface area contributed by atoms with E-state index in [9.17, 15) is 19.7 Å². The van der Waals surface area contributed by atoms with Gasteiger partial charge >= 0.3 is 5.97 Å². The lowest BCUT2D eigenvalue weighted by Gasteiger charge is -2.09. The van der Waals surface area contributed by atoms with E-state index in [4.69, 9.17) is 13.9 Å². The highest BCUT2D eigenvalue weighted by Gasteiger charge is 2.18. The first-order valence-corrected chi connectivity index (χ1v) is 9.86. The second-order valence-electron chi connectivity index (χ2n) is 7.17.